The van der Waals surface area contributed by atoms with Crippen LogP contribution in [0.15, 0.2) is 57.8 Å². The molecule has 4 nitrogen and oxygen atoms in total. The van der Waals surface area contributed by atoms with Crippen LogP contribution in [0.1, 0.15) is 11.3 Å². The van der Waals surface area contributed by atoms with Gasteiger partial charge in [0, 0.05) is 5.02 Å². The zero-order valence-corrected chi connectivity index (χ0v) is 10.4. The Bertz CT molecular complexity index is 686. The first-order valence-electron chi connectivity index (χ1n) is 5.54. The van der Waals surface area contributed by atoms with Crippen molar-refractivity contribution in [2.75, 3.05) is 0 Å². The van der Waals surface area contributed by atoms with Crippen molar-refractivity contribution >= 4 is 29.5 Å². The summed E-state index contributed by atoms with van der Waals surface area (Å²) >= 11 is 5.88. The van der Waals surface area contributed by atoms with E-state index in [-0.39, 0.29) is 11.6 Å². The fourth-order valence-corrected chi connectivity index (χ4v) is 1.87. The SMILES string of the molecule is O=C1OC(c2ccco2)=N/C1=C\c1cccc(Cl)c1. The lowest BCUT2D eigenvalue weighted by atomic mass is 10.2. The maximum atomic E-state index is 11.7. The van der Waals surface area contributed by atoms with Crippen molar-refractivity contribution in [2.24, 2.45) is 4.99 Å². The lowest BCUT2D eigenvalue weighted by Gasteiger charge is -1.94. The second-order valence-corrected chi connectivity index (χ2v) is 4.30. The minimum Gasteiger partial charge on any atom is -0.459 e. The summed E-state index contributed by atoms with van der Waals surface area (Å²) in [5.74, 6) is 0.0810. The molecule has 0 fully saturated rings. The van der Waals surface area contributed by atoms with E-state index in [0.29, 0.717) is 10.8 Å². The predicted molar refractivity (Wildman–Crippen MR) is 70.8 cm³/mol. The molecule has 2 aromatic rings. The van der Waals surface area contributed by atoms with Crippen molar-refractivity contribution in [3.8, 4) is 0 Å². The molecule has 1 aromatic carbocycles. The molecule has 94 valence electrons. The average molecular weight is 274 g/mol. The molecular weight excluding hydrogens is 266 g/mol. The van der Waals surface area contributed by atoms with Crippen molar-refractivity contribution in [3.05, 3.63) is 64.7 Å². The normalized spacial score (nSPS) is 16.6. The molecule has 1 aliphatic rings. The third-order valence-electron chi connectivity index (χ3n) is 2.50. The fourth-order valence-electron chi connectivity index (χ4n) is 1.67. The van der Waals surface area contributed by atoms with Gasteiger partial charge in [0.15, 0.2) is 11.5 Å². The number of benzene rings is 1. The lowest BCUT2D eigenvalue weighted by Crippen LogP contribution is -2.04. The minimum absolute atomic E-state index is 0.170. The van der Waals surface area contributed by atoms with Crippen LogP contribution in [0.5, 0.6) is 0 Å². The number of furan rings is 1. The van der Waals surface area contributed by atoms with Gasteiger partial charge in [-0.2, -0.15) is 0 Å². The third-order valence-corrected chi connectivity index (χ3v) is 2.74. The van der Waals surface area contributed by atoms with Gasteiger partial charge in [-0.05, 0) is 35.9 Å². The highest BCUT2D eigenvalue weighted by molar-refractivity contribution is 6.30. The van der Waals surface area contributed by atoms with E-state index in [0.717, 1.165) is 5.56 Å². The smallest absolute Gasteiger partial charge is 0.363 e. The zero-order valence-electron chi connectivity index (χ0n) is 9.67. The molecule has 0 atom stereocenters. The Hall–Kier alpha value is -2.33. The van der Waals surface area contributed by atoms with Crippen molar-refractivity contribution in [1.29, 1.82) is 0 Å². The molecular formula is C14H8ClNO3. The van der Waals surface area contributed by atoms with E-state index >= 15 is 0 Å². The van der Waals surface area contributed by atoms with Crippen LogP contribution in [0, 0.1) is 0 Å². The molecule has 0 aliphatic carbocycles. The number of hydrogen-bond acceptors (Lipinski definition) is 4. The predicted octanol–water partition coefficient (Wildman–Crippen LogP) is 3.28. The maximum Gasteiger partial charge on any atom is 0.363 e. The molecule has 0 saturated carbocycles. The topological polar surface area (TPSA) is 51.8 Å². The minimum atomic E-state index is -0.508. The number of nitrogens with zero attached hydrogens (tertiary/aromatic N) is 1. The third kappa shape index (κ3) is 2.44. The molecule has 1 aliphatic heterocycles. The van der Waals surface area contributed by atoms with E-state index in [1.807, 2.05) is 6.07 Å². The molecule has 1 aromatic heterocycles. The van der Waals surface area contributed by atoms with Gasteiger partial charge >= 0.3 is 5.97 Å². The standard InChI is InChI=1S/C14H8ClNO3/c15-10-4-1-3-9(7-10)8-11-14(17)19-13(16-11)12-5-2-6-18-12/h1-8H/b11-8-. The van der Waals surface area contributed by atoms with Crippen molar-refractivity contribution < 1.29 is 13.9 Å². The largest absolute Gasteiger partial charge is 0.459 e. The van der Waals surface area contributed by atoms with Crippen LogP contribution in [0.4, 0.5) is 0 Å². The van der Waals surface area contributed by atoms with Gasteiger partial charge in [-0.3, -0.25) is 0 Å². The van der Waals surface area contributed by atoms with Crippen LogP contribution >= 0.6 is 11.6 Å². The number of carbonyl (C=O) groups excluding carboxylic acids is 1. The van der Waals surface area contributed by atoms with Crippen LogP contribution in [-0.2, 0) is 9.53 Å². The lowest BCUT2D eigenvalue weighted by molar-refractivity contribution is -0.130. The number of cyclic esters (lactones) is 1. The molecule has 3 rings (SSSR count). The second-order valence-electron chi connectivity index (χ2n) is 3.87. The van der Waals surface area contributed by atoms with E-state index in [1.165, 1.54) is 6.26 Å². The molecule has 0 bridgehead atoms. The second kappa shape index (κ2) is 4.74. The Balaban J connectivity index is 1.95. The molecule has 0 unspecified atom stereocenters. The number of rotatable bonds is 2. The number of hydrogen-bond donors (Lipinski definition) is 0. The first kappa shape index (κ1) is 11.7. The molecule has 5 heteroatoms. The average Bonchev–Trinajstić information content (AvgIpc) is 3.00. The van der Waals surface area contributed by atoms with Gasteiger partial charge in [0.25, 0.3) is 5.90 Å². The monoisotopic (exact) mass is 273 g/mol. The molecule has 0 N–H and O–H groups in total. The van der Waals surface area contributed by atoms with E-state index < -0.39 is 5.97 Å². The number of carbonyl (C=O) groups is 1. The summed E-state index contributed by atoms with van der Waals surface area (Å²) in [6.45, 7) is 0. The summed E-state index contributed by atoms with van der Waals surface area (Å²) in [5.41, 5.74) is 0.998. The molecule has 2 heterocycles. The molecule has 0 saturated heterocycles. The van der Waals surface area contributed by atoms with Crippen molar-refractivity contribution in [2.45, 2.75) is 0 Å². The van der Waals surface area contributed by atoms with E-state index in [4.69, 9.17) is 20.8 Å². The van der Waals surface area contributed by atoms with Crippen LogP contribution in [0.25, 0.3) is 6.08 Å². The van der Waals surface area contributed by atoms with Crippen LogP contribution < -0.4 is 0 Å². The van der Waals surface area contributed by atoms with Gasteiger partial charge < -0.3 is 9.15 Å². The van der Waals surface area contributed by atoms with Crippen LogP contribution in [-0.4, -0.2) is 11.9 Å². The first-order chi connectivity index (χ1) is 9.22. The van der Waals surface area contributed by atoms with Crippen LogP contribution in [0.3, 0.4) is 0 Å². The highest BCUT2D eigenvalue weighted by Crippen LogP contribution is 2.20. The molecule has 0 spiro atoms. The van der Waals surface area contributed by atoms with E-state index in [2.05, 4.69) is 4.99 Å². The summed E-state index contributed by atoms with van der Waals surface area (Å²) in [6, 6.07) is 10.5. The van der Waals surface area contributed by atoms with Gasteiger partial charge in [0.1, 0.15) is 0 Å². The van der Waals surface area contributed by atoms with Crippen molar-refractivity contribution in [3.63, 3.8) is 0 Å². The number of aliphatic imine (C=N–C) groups is 1. The summed E-state index contributed by atoms with van der Waals surface area (Å²) in [7, 11) is 0. The van der Waals surface area contributed by atoms with E-state index in [9.17, 15) is 4.79 Å². The quantitative estimate of drug-likeness (QED) is 0.623. The van der Waals surface area contributed by atoms with Gasteiger partial charge in [0.05, 0.1) is 6.26 Å². The van der Waals surface area contributed by atoms with Crippen molar-refractivity contribution in [1.82, 2.24) is 0 Å². The first-order valence-corrected chi connectivity index (χ1v) is 5.92. The number of esters is 1. The number of halogens is 1. The van der Waals surface area contributed by atoms with Gasteiger partial charge in [-0.25, -0.2) is 9.79 Å². The van der Waals surface area contributed by atoms with E-state index in [1.54, 1.807) is 36.4 Å². The summed E-state index contributed by atoms with van der Waals surface area (Å²) in [5, 5.41) is 0.593. The Kier molecular flexibility index (Phi) is 2.93. The highest BCUT2D eigenvalue weighted by atomic mass is 35.5. The molecule has 0 amide bonds. The Morgan fingerprint density at radius 3 is 2.84 bits per heavy atom. The zero-order chi connectivity index (χ0) is 13.2. The summed E-state index contributed by atoms with van der Waals surface area (Å²) in [6.07, 6.45) is 3.11. The number of ether oxygens (including phenoxy) is 1. The Labute approximate surface area is 114 Å². The van der Waals surface area contributed by atoms with Gasteiger partial charge in [-0.15, -0.1) is 0 Å². The Morgan fingerprint density at radius 2 is 2.11 bits per heavy atom. The Morgan fingerprint density at radius 1 is 1.21 bits per heavy atom. The maximum absolute atomic E-state index is 11.7. The highest BCUT2D eigenvalue weighted by Gasteiger charge is 2.25. The fraction of sp³-hybridized carbons (Fsp3) is 0. The summed E-state index contributed by atoms with van der Waals surface area (Å²) < 4.78 is 10.2. The molecule has 19 heavy (non-hydrogen) atoms. The van der Waals surface area contributed by atoms with Gasteiger partial charge in [-0.1, -0.05) is 23.7 Å². The summed E-state index contributed by atoms with van der Waals surface area (Å²) in [4.78, 5) is 15.8. The van der Waals surface area contributed by atoms with Gasteiger partial charge in [0.2, 0.25) is 0 Å². The molecule has 0 radical (unpaired) electrons. The van der Waals surface area contributed by atoms with Crippen LogP contribution in [0.2, 0.25) is 5.02 Å².